The molecule has 0 heterocycles. The van der Waals surface area contributed by atoms with Crippen molar-refractivity contribution in [3.63, 3.8) is 0 Å². The first kappa shape index (κ1) is 13.9. The van der Waals surface area contributed by atoms with Crippen molar-refractivity contribution in [2.45, 2.75) is 44.6 Å². The number of anilines is 1. The van der Waals surface area contributed by atoms with Crippen molar-refractivity contribution in [3.05, 3.63) is 29.3 Å². The van der Waals surface area contributed by atoms with Crippen LogP contribution < -0.4 is 5.32 Å². The van der Waals surface area contributed by atoms with E-state index in [1.807, 2.05) is 12.1 Å². The van der Waals surface area contributed by atoms with Gasteiger partial charge in [-0.2, -0.15) is 0 Å². The van der Waals surface area contributed by atoms with E-state index in [0.717, 1.165) is 37.8 Å². The monoisotopic (exact) mass is 288 g/mol. The Hall–Kier alpha value is -2.04. The third-order valence-corrected chi connectivity index (χ3v) is 4.19. The Labute approximate surface area is 123 Å². The lowest BCUT2D eigenvalue weighted by Gasteiger charge is -2.24. The number of nitrogens with zero attached hydrogens (tertiary/aromatic N) is 1. The van der Waals surface area contributed by atoms with Crippen LogP contribution in [0.25, 0.3) is 0 Å². The topological polar surface area (TPSA) is 69.6 Å². The number of aliphatic carboxylic acids is 1. The van der Waals surface area contributed by atoms with Crippen LogP contribution in [0.3, 0.4) is 0 Å². The maximum absolute atomic E-state index is 12.4. The van der Waals surface area contributed by atoms with E-state index in [1.165, 1.54) is 22.4 Å². The molecule has 0 aliphatic heterocycles. The van der Waals surface area contributed by atoms with E-state index in [4.69, 9.17) is 5.11 Å². The molecule has 112 valence electrons. The van der Waals surface area contributed by atoms with Gasteiger partial charge >= 0.3 is 12.0 Å². The summed E-state index contributed by atoms with van der Waals surface area (Å²) in [4.78, 5) is 24.7. The quantitative estimate of drug-likeness (QED) is 0.895. The van der Waals surface area contributed by atoms with Gasteiger partial charge in [-0.3, -0.25) is 4.79 Å². The molecule has 3 rings (SSSR count). The van der Waals surface area contributed by atoms with E-state index in [9.17, 15) is 9.59 Å². The van der Waals surface area contributed by atoms with Gasteiger partial charge in [-0.15, -0.1) is 0 Å². The Kier molecular flexibility index (Phi) is 3.82. The molecule has 2 amide bonds. The number of benzene rings is 1. The summed E-state index contributed by atoms with van der Waals surface area (Å²) in [7, 11) is 0. The number of rotatable bonds is 4. The molecule has 0 aromatic heterocycles. The molecular formula is C16H20N2O3. The summed E-state index contributed by atoms with van der Waals surface area (Å²) in [6, 6.07) is 5.77. The highest BCUT2D eigenvalue weighted by Crippen LogP contribution is 2.30. The number of carboxylic acid groups (broad SMARTS) is 1. The molecule has 2 aliphatic rings. The summed E-state index contributed by atoms with van der Waals surface area (Å²) in [5, 5.41) is 11.9. The second kappa shape index (κ2) is 5.76. The Balaban J connectivity index is 1.76. The number of amides is 2. The van der Waals surface area contributed by atoms with Gasteiger partial charge in [0.2, 0.25) is 0 Å². The molecule has 0 spiro atoms. The number of carbonyl (C=O) groups excluding carboxylic acids is 1. The Morgan fingerprint density at radius 1 is 1.24 bits per heavy atom. The molecule has 0 unspecified atom stereocenters. The van der Waals surface area contributed by atoms with Crippen molar-refractivity contribution in [1.29, 1.82) is 0 Å². The summed E-state index contributed by atoms with van der Waals surface area (Å²) < 4.78 is 0. The van der Waals surface area contributed by atoms with Crippen molar-refractivity contribution in [2.24, 2.45) is 0 Å². The van der Waals surface area contributed by atoms with E-state index in [-0.39, 0.29) is 18.6 Å². The number of carboxylic acids is 1. The highest BCUT2D eigenvalue weighted by atomic mass is 16.4. The van der Waals surface area contributed by atoms with Crippen LogP contribution in [0.5, 0.6) is 0 Å². The minimum atomic E-state index is -0.966. The molecule has 5 heteroatoms. The van der Waals surface area contributed by atoms with Crippen LogP contribution in [0.2, 0.25) is 0 Å². The van der Waals surface area contributed by atoms with Gasteiger partial charge in [0, 0.05) is 11.7 Å². The lowest BCUT2D eigenvalue weighted by molar-refractivity contribution is -0.137. The van der Waals surface area contributed by atoms with Crippen LogP contribution >= 0.6 is 0 Å². The molecule has 1 aromatic carbocycles. The molecule has 1 fully saturated rings. The molecule has 2 N–H and O–H groups in total. The van der Waals surface area contributed by atoms with E-state index in [0.29, 0.717) is 0 Å². The summed E-state index contributed by atoms with van der Waals surface area (Å²) in [6.45, 7) is -0.231. The number of urea groups is 1. The van der Waals surface area contributed by atoms with Gasteiger partial charge in [-0.25, -0.2) is 4.79 Å². The minimum absolute atomic E-state index is 0.0839. The molecule has 0 radical (unpaired) electrons. The van der Waals surface area contributed by atoms with Gasteiger partial charge < -0.3 is 15.3 Å². The van der Waals surface area contributed by atoms with E-state index < -0.39 is 5.97 Å². The van der Waals surface area contributed by atoms with Crippen LogP contribution in [-0.2, 0) is 17.6 Å². The van der Waals surface area contributed by atoms with Crippen LogP contribution in [0.4, 0.5) is 10.5 Å². The largest absolute Gasteiger partial charge is 0.480 e. The average Bonchev–Trinajstić information content (AvgIpc) is 3.29. The van der Waals surface area contributed by atoms with Crippen molar-refractivity contribution in [2.75, 3.05) is 11.9 Å². The Bertz CT molecular complexity index is 567. The van der Waals surface area contributed by atoms with Gasteiger partial charge in [0.25, 0.3) is 0 Å². The first-order valence-electron chi connectivity index (χ1n) is 7.55. The first-order chi connectivity index (χ1) is 10.1. The number of carbonyl (C=O) groups is 2. The molecule has 0 bridgehead atoms. The second-order valence-electron chi connectivity index (χ2n) is 5.83. The highest BCUT2D eigenvalue weighted by molar-refractivity contribution is 5.92. The highest BCUT2D eigenvalue weighted by Gasteiger charge is 2.34. The number of nitrogens with one attached hydrogen (secondary N) is 1. The summed E-state index contributed by atoms with van der Waals surface area (Å²) in [5.74, 6) is -0.966. The molecule has 2 aliphatic carbocycles. The summed E-state index contributed by atoms with van der Waals surface area (Å²) in [6.07, 6.45) is 6.16. The van der Waals surface area contributed by atoms with Gasteiger partial charge in [0.15, 0.2) is 0 Å². The molecular weight excluding hydrogens is 268 g/mol. The zero-order valence-corrected chi connectivity index (χ0v) is 12.0. The van der Waals surface area contributed by atoms with Crippen LogP contribution in [-0.4, -0.2) is 34.6 Å². The SMILES string of the molecule is O=C(O)CN(C(=O)Nc1cccc2c1CCCC2)C1CC1. The number of hydrogen-bond acceptors (Lipinski definition) is 2. The minimum Gasteiger partial charge on any atom is -0.480 e. The zero-order chi connectivity index (χ0) is 14.8. The van der Waals surface area contributed by atoms with E-state index in [2.05, 4.69) is 11.4 Å². The third kappa shape index (κ3) is 3.17. The van der Waals surface area contributed by atoms with Gasteiger partial charge in [0.1, 0.15) is 6.54 Å². The molecule has 5 nitrogen and oxygen atoms in total. The molecule has 1 aromatic rings. The van der Waals surface area contributed by atoms with E-state index in [1.54, 1.807) is 0 Å². The number of fused-ring (bicyclic) bond motifs is 1. The van der Waals surface area contributed by atoms with Crippen molar-refractivity contribution < 1.29 is 14.7 Å². The van der Waals surface area contributed by atoms with Crippen LogP contribution in [0, 0.1) is 0 Å². The van der Waals surface area contributed by atoms with Crippen molar-refractivity contribution in [3.8, 4) is 0 Å². The second-order valence-corrected chi connectivity index (χ2v) is 5.83. The van der Waals surface area contributed by atoms with Crippen molar-refractivity contribution >= 4 is 17.7 Å². The van der Waals surface area contributed by atoms with Gasteiger partial charge in [-0.05, 0) is 55.7 Å². The van der Waals surface area contributed by atoms with Crippen molar-refractivity contribution in [1.82, 2.24) is 4.90 Å². The fourth-order valence-corrected chi connectivity index (χ4v) is 2.98. The number of hydrogen-bond donors (Lipinski definition) is 2. The lowest BCUT2D eigenvalue weighted by Crippen LogP contribution is -2.40. The first-order valence-corrected chi connectivity index (χ1v) is 7.55. The predicted molar refractivity (Wildman–Crippen MR) is 79.5 cm³/mol. The summed E-state index contributed by atoms with van der Waals surface area (Å²) in [5.41, 5.74) is 3.35. The zero-order valence-electron chi connectivity index (χ0n) is 12.0. The van der Waals surface area contributed by atoms with Crippen LogP contribution in [0.15, 0.2) is 18.2 Å². The normalized spacial score (nSPS) is 17.0. The fourth-order valence-electron chi connectivity index (χ4n) is 2.98. The molecule has 0 atom stereocenters. The van der Waals surface area contributed by atoms with Crippen LogP contribution in [0.1, 0.15) is 36.8 Å². The molecule has 1 saturated carbocycles. The maximum Gasteiger partial charge on any atom is 0.323 e. The average molecular weight is 288 g/mol. The number of aryl methyl sites for hydroxylation is 1. The third-order valence-electron chi connectivity index (χ3n) is 4.19. The smallest absolute Gasteiger partial charge is 0.323 e. The van der Waals surface area contributed by atoms with Gasteiger partial charge in [-0.1, -0.05) is 12.1 Å². The Morgan fingerprint density at radius 3 is 2.71 bits per heavy atom. The van der Waals surface area contributed by atoms with Gasteiger partial charge in [0.05, 0.1) is 0 Å². The molecule has 21 heavy (non-hydrogen) atoms. The maximum atomic E-state index is 12.4. The standard InChI is InChI=1S/C16H20N2O3/c19-15(20)10-18(12-8-9-12)16(21)17-14-7-3-5-11-4-1-2-6-13(11)14/h3,5,7,12H,1-2,4,6,8-10H2,(H,17,21)(H,19,20). The lowest BCUT2D eigenvalue weighted by atomic mass is 9.90. The summed E-state index contributed by atoms with van der Waals surface area (Å²) >= 11 is 0. The fraction of sp³-hybridized carbons (Fsp3) is 0.500. The predicted octanol–water partition coefficient (Wildman–Crippen LogP) is 2.65. The van der Waals surface area contributed by atoms with E-state index >= 15 is 0 Å². The molecule has 0 saturated heterocycles. The Morgan fingerprint density at radius 2 is 2.00 bits per heavy atom.